The maximum Gasteiger partial charge on any atom is 0.233 e. The number of rotatable bonds is 4. The van der Waals surface area contributed by atoms with Gasteiger partial charge in [0.15, 0.2) is 11.6 Å². The van der Waals surface area contributed by atoms with Gasteiger partial charge in [0.2, 0.25) is 11.8 Å². The highest BCUT2D eigenvalue weighted by Gasteiger charge is 2.15. The average Bonchev–Trinajstić information content (AvgIpc) is 2.82. The van der Waals surface area contributed by atoms with Crippen LogP contribution in [0.1, 0.15) is 36.7 Å². The Morgan fingerprint density at radius 1 is 1.33 bits per heavy atom. The molecule has 0 aliphatic rings. The molecule has 0 aliphatic heterocycles. The van der Waals surface area contributed by atoms with Crippen molar-refractivity contribution in [2.75, 3.05) is 0 Å². The zero-order chi connectivity index (χ0) is 13.1. The fourth-order valence-electron chi connectivity index (χ4n) is 1.51. The summed E-state index contributed by atoms with van der Waals surface area (Å²) in [5.41, 5.74) is 5.90. The van der Waals surface area contributed by atoms with Gasteiger partial charge in [0.05, 0.1) is 12.5 Å². The maximum atomic E-state index is 13.4. The molecule has 0 radical (unpaired) electrons. The molecule has 1 aromatic carbocycles. The van der Waals surface area contributed by atoms with E-state index < -0.39 is 11.6 Å². The Hall–Kier alpha value is -1.82. The van der Waals surface area contributed by atoms with Crippen LogP contribution in [0.4, 0.5) is 8.78 Å². The van der Waals surface area contributed by atoms with E-state index >= 15 is 0 Å². The number of halogens is 2. The molecule has 0 saturated carbocycles. The summed E-state index contributed by atoms with van der Waals surface area (Å²) in [5.74, 6) is -1.25. The summed E-state index contributed by atoms with van der Waals surface area (Å²) in [7, 11) is 0. The van der Waals surface area contributed by atoms with Crippen LogP contribution in [0.25, 0.3) is 0 Å². The predicted molar refractivity (Wildman–Crippen MR) is 60.7 cm³/mol. The first-order valence-corrected chi connectivity index (χ1v) is 5.62. The minimum atomic E-state index is -0.892. The zero-order valence-corrected chi connectivity index (χ0v) is 9.86. The van der Waals surface area contributed by atoms with Gasteiger partial charge in [-0.3, -0.25) is 0 Å². The third kappa shape index (κ3) is 2.53. The van der Waals surface area contributed by atoms with E-state index in [0.717, 1.165) is 6.07 Å². The Morgan fingerprint density at radius 2 is 2.11 bits per heavy atom. The Morgan fingerprint density at radius 3 is 2.83 bits per heavy atom. The Labute approximate surface area is 103 Å². The summed E-state index contributed by atoms with van der Waals surface area (Å²) in [6.45, 7) is 1.89. The van der Waals surface area contributed by atoms with Crippen LogP contribution in [0.15, 0.2) is 22.6 Å². The Kier molecular flexibility index (Phi) is 3.66. The van der Waals surface area contributed by atoms with Gasteiger partial charge in [0.1, 0.15) is 0 Å². The van der Waals surface area contributed by atoms with Crippen molar-refractivity contribution in [2.45, 2.75) is 25.8 Å². The largest absolute Gasteiger partial charge is 0.423 e. The van der Waals surface area contributed by atoms with Crippen LogP contribution < -0.4 is 5.73 Å². The molecule has 96 valence electrons. The molecule has 2 N–H and O–H groups in total. The van der Waals surface area contributed by atoms with Crippen LogP contribution in [0, 0.1) is 11.6 Å². The quantitative estimate of drug-likeness (QED) is 0.908. The lowest BCUT2D eigenvalue weighted by atomic mass is 10.1. The van der Waals surface area contributed by atoms with Crippen molar-refractivity contribution in [1.82, 2.24) is 10.2 Å². The van der Waals surface area contributed by atoms with Crippen molar-refractivity contribution in [2.24, 2.45) is 5.73 Å². The second-order valence-corrected chi connectivity index (χ2v) is 3.94. The molecule has 1 atom stereocenters. The number of benzene rings is 1. The lowest BCUT2D eigenvalue weighted by Crippen LogP contribution is -2.08. The van der Waals surface area contributed by atoms with Gasteiger partial charge in [-0.25, -0.2) is 8.78 Å². The molecule has 0 spiro atoms. The van der Waals surface area contributed by atoms with Crippen molar-refractivity contribution < 1.29 is 13.2 Å². The summed E-state index contributed by atoms with van der Waals surface area (Å²) < 4.78 is 31.7. The molecule has 4 nitrogen and oxygen atoms in total. The second kappa shape index (κ2) is 5.22. The van der Waals surface area contributed by atoms with Crippen molar-refractivity contribution in [3.05, 3.63) is 47.2 Å². The van der Waals surface area contributed by atoms with Crippen LogP contribution in [-0.2, 0) is 6.42 Å². The lowest BCUT2D eigenvalue weighted by Gasteiger charge is -2.01. The highest BCUT2D eigenvalue weighted by Crippen LogP contribution is 2.17. The number of nitrogens with zero attached hydrogens (tertiary/aromatic N) is 2. The van der Waals surface area contributed by atoms with Gasteiger partial charge in [-0.05, 0) is 12.5 Å². The van der Waals surface area contributed by atoms with Gasteiger partial charge >= 0.3 is 0 Å². The highest BCUT2D eigenvalue weighted by atomic mass is 19.2. The number of hydrogen-bond donors (Lipinski definition) is 1. The van der Waals surface area contributed by atoms with E-state index in [9.17, 15) is 8.78 Å². The van der Waals surface area contributed by atoms with Crippen LogP contribution in [-0.4, -0.2) is 10.2 Å². The van der Waals surface area contributed by atoms with E-state index in [1.807, 2.05) is 6.92 Å². The van der Waals surface area contributed by atoms with Crippen molar-refractivity contribution >= 4 is 0 Å². The van der Waals surface area contributed by atoms with E-state index in [1.165, 1.54) is 12.1 Å². The standard InChI is InChI=1S/C12H13F2N3O/c1-2-9(15)12-17-16-10(18-12)6-7-4-3-5-8(13)11(7)14/h3-5,9H,2,6,15H2,1H3. The summed E-state index contributed by atoms with van der Waals surface area (Å²) in [5, 5.41) is 7.54. The smallest absolute Gasteiger partial charge is 0.233 e. The number of nitrogens with two attached hydrogens (primary N) is 1. The Balaban J connectivity index is 2.19. The molecular weight excluding hydrogens is 240 g/mol. The number of hydrogen-bond acceptors (Lipinski definition) is 4. The molecule has 2 aromatic rings. The molecule has 6 heteroatoms. The maximum absolute atomic E-state index is 13.4. The molecule has 18 heavy (non-hydrogen) atoms. The second-order valence-electron chi connectivity index (χ2n) is 3.94. The summed E-state index contributed by atoms with van der Waals surface area (Å²) in [4.78, 5) is 0. The SMILES string of the molecule is CCC(N)c1nnc(Cc2cccc(F)c2F)o1. The summed E-state index contributed by atoms with van der Waals surface area (Å²) >= 11 is 0. The topological polar surface area (TPSA) is 64.9 Å². The van der Waals surface area contributed by atoms with Crippen LogP contribution >= 0.6 is 0 Å². The zero-order valence-electron chi connectivity index (χ0n) is 9.86. The van der Waals surface area contributed by atoms with Crippen LogP contribution in [0.5, 0.6) is 0 Å². The van der Waals surface area contributed by atoms with Crippen molar-refractivity contribution in [1.29, 1.82) is 0 Å². The molecular formula is C12H13F2N3O. The molecule has 1 aromatic heterocycles. The lowest BCUT2D eigenvalue weighted by molar-refractivity contribution is 0.415. The van der Waals surface area contributed by atoms with Crippen molar-refractivity contribution in [3.8, 4) is 0 Å². The molecule has 1 heterocycles. The van der Waals surface area contributed by atoms with Crippen LogP contribution in [0.3, 0.4) is 0 Å². The van der Waals surface area contributed by atoms with Gasteiger partial charge in [0, 0.05) is 5.56 Å². The average molecular weight is 253 g/mol. The molecule has 0 fully saturated rings. The monoisotopic (exact) mass is 253 g/mol. The van der Waals surface area contributed by atoms with Gasteiger partial charge < -0.3 is 10.2 Å². The van der Waals surface area contributed by atoms with Crippen molar-refractivity contribution in [3.63, 3.8) is 0 Å². The minimum Gasteiger partial charge on any atom is -0.423 e. The third-order valence-corrected chi connectivity index (χ3v) is 2.61. The van der Waals surface area contributed by atoms with E-state index in [4.69, 9.17) is 10.2 Å². The molecule has 0 aliphatic carbocycles. The van der Waals surface area contributed by atoms with E-state index in [0.29, 0.717) is 12.3 Å². The number of aromatic nitrogens is 2. The van der Waals surface area contributed by atoms with E-state index in [1.54, 1.807) is 0 Å². The Bertz CT molecular complexity index is 542. The third-order valence-electron chi connectivity index (χ3n) is 2.61. The summed E-state index contributed by atoms with van der Waals surface area (Å²) in [6.07, 6.45) is 0.711. The fraction of sp³-hybridized carbons (Fsp3) is 0.333. The molecule has 0 amide bonds. The van der Waals surface area contributed by atoms with Gasteiger partial charge in [-0.2, -0.15) is 0 Å². The molecule has 1 unspecified atom stereocenters. The van der Waals surface area contributed by atoms with Crippen LogP contribution in [0.2, 0.25) is 0 Å². The summed E-state index contributed by atoms with van der Waals surface area (Å²) in [6, 6.07) is 3.64. The first-order chi connectivity index (χ1) is 8.61. The van der Waals surface area contributed by atoms with Gasteiger partial charge in [-0.15, -0.1) is 10.2 Å². The minimum absolute atomic E-state index is 0.0486. The van der Waals surface area contributed by atoms with E-state index in [2.05, 4.69) is 10.2 Å². The predicted octanol–water partition coefficient (Wildman–Crippen LogP) is 2.35. The van der Waals surface area contributed by atoms with Gasteiger partial charge in [0.25, 0.3) is 0 Å². The first kappa shape index (κ1) is 12.6. The molecule has 2 rings (SSSR count). The highest BCUT2D eigenvalue weighted by molar-refractivity contribution is 5.21. The molecule has 0 bridgehead atoms. The fourth-order valence-corrected chi connectivity index (χ4v) is 1.51. The molecule has 0 saturated heterocycles. The van der Waals surface area contributed by atoms with E-state index in [-0.39, 0.29) is 23.9 Å². The normalized spacial score (nSPS) is 12.7. The van der Waals surface area contributed by atoms with Gasteiger partial charge in [-0.1, -0.05) is 19.1 Å². The first-order valence-electron chi connectivity index (χ1n) is 5.62.